The van der Waals surface area contributed by atoms with Crippen LogP contribution in [0, 0.1) is 5.82 Å². The van der Waals surface area contributed by atoms with Crippen molar-refractivity contribution in [2.75, 3.05) is 6.54 Å². The van der Waals surface area contributed by atoms with Gasteiger partial charge in [0.2, 0.25) is 0 Å². The fraction of sp³-hybridized carbons (Fsp3) is 0.308. The Kier molecular flexibility index (Phi) is 4.49. The second kappa shape index (κ2) is 6.11. The lowest BCUT2D eigenvalue weighted by atomic mass is 10.2. The van der Waals surface area contributed by atoms with Crippen LogP contribution >= 0.6 is 15.9 Å². The first-order valence-electron chi connectivity index (χ1n) is 5.77. The van der Waals surface area contributed by atoms with Gasteiger partial charge in [-0.3, -0.25) is 0 Å². The zero-order valence-electron chi connectivity index (χ0n) is 10.2. The Morgan fingerprint density at radius 1 is 1.44 bits per heavy atom. The molecule has 3 nitrogen and oxygen atoms in total. The van der Waals surface area contributed by atoms with Crippen molar-refractivity contribution in [3.05, 3.63) is 52.3 Å². The minimum absolute atomic E-state index is 0.186. The van der Waals surface area contributed by atoms with E-state index in [0.717, 1.165) is 23.3 Å². The third-order valence-corrected chi connectivity index (χ3v) is 3.27. The second-order valence-electron chi connectivity index (χ2n) is 4.12. The van der Waals surface area contributed by atoms with E-state index in [1.165, 1.54) is 6.07 Å². The molecule has 0 radical (unpaired) electrons. The van der Waals surface area contributed by atoms with Gasteiger partial charge in [-0.05, 0) is 12.1 Å². The molecule has 0 amide bonds. The van der Waals surface area contributed by atoms with Gasteiger partial charge in [0.1, 0.15) is 11.6 Å². The Hall–Kier alpha value is -1.20. The van der Waals surface area contributed by atoms with Gasteiger partial charge in [0.05, 0.1) is 0 Å². The number of hydrogen-bond donors (Lipinski definition) is 1. The van der Waals surface area contributed by atoms with E-state index < -0.39 is 0 Å². The van der Waals surface area contributed by atoms with E-state index in [4.69, 9.17) is 0 Å². The molecule has 18 heavy (non-hydrogen) atoms. The third-order valence-electron chi connectivity index (χ3n) is 2.78. The zero-order chi connectivity index (χ0) is 13.0. The normalized spacial score (nSPS) is 10.8. The molecule has 0 bridgehead atoms. The molecule has 1 N–H and O–H groups in total. The van der Waals surface area contributed by atoms with Gasteiger partial charge in [-0.15, -0.1) is 0 Å². The maximum absolute atomic E-state index is 13.5. The number of aromatic nitrogens is 2. The van der Waals surface area contributed by atoms with Crippen LogP contribution in [0.5, 0.6) is 0 Å². The number of aryl methyl sites for hydroxylation is 1. The van der Waals surface area contributed by atoms with Gasteiger partial charge in [0, 0.05) is 49.0 Å². The SMILES string of the molecule is Cn1ccnc1CCNCc1ccc(Br)cc1F. The Morgan fingerprint density at radius 2 is 2.28 bits per heavy atom. The lowest BCUT2D eigenvalue weighted by Gasteiger charge is -2.06. The first-order valence-corrected chi connectivity index (χ1v) is 6.57. The first-order chi connectivity index (χ1) is 8.66. The van der Waals surface area contributed by atoms with E-state index in [-0.39, 0.29) is 5.82 Å². The molecule has 0 aliphatic rings. The molecule has 1 aromatic heterocycles. The number of hydrogen-bond acceptors (Lipinski definition) is 2. The Balaban J connectivity index is 1.80. The summed E-state index contributed by atoms with van der Waals surface area (Å²) in [6.07, 6.45) is 4.54. The van der Waals surface area contributed by atoms with E-state index in [9.17, 15) is 4.39 Å². The van der Waals surface area contributed by atoms with E-state index in [0.29, 0.717) is 12.1 Å². The largest absolute Gasteiger partial charge is 0.338 e. The van der Waals surface area contributed by atoms with Gasteiger partial charge < -0.3 is 9.88 Å². The van der Waals surface area contributed by atoms with Crippen molar-refractivity contribution in [3.63, 3.8) is 0 Å². The van der Waals surface area contributed by atoms with Crippen LogP contribution in [0.2, 0.25) is 0 Å². The van der Waals surface area contributed by atoms with Crippen LogP contribution in [0.1, 0.15) is 11.4 Å². The van der Waals surface area contributed by atoms with Crippen LogP contribution in [0.3, 0.4) is 0 Å². The molecule has 96 valence electrons. The van der Waals surface area contributed by atoms with Crippen molar-refractivity contribution in [2.24, 2.45) is 7.05 Å². The van der Waals surface area contributed by atoms with Crippen molar-refractivity contribution in [1.82, 2.24) is 14.9 Å². The quantitative estimate of drug-likeness (QED) is 0.860. The zero-order valence-corrected chi connectivity index (χ0v) is 11.7. The van der Waals surface area contributed by atoms with Gasteiger partial charge in [-0.1, -0.05) is 22.0 Å². The molecule has 0 saturated carbocycles. The van der Waals surface area contributed by atoms with Gasteiger partial charge >= 0.3 is 0 Å². The number of benzene rings is 1. The summed E-state index contributed by atoms with van der Waals surface area (Å²) < 4.78 is 16.3. The van der Waals surface area contributed by atoms with Gasteiger partial charge in [0.15, 0.2) is 0 Å². The summed E-state index contributed by atoms with van der Waals surface area (Å²) in [6.45, 7) is 1.31. The van der Waals surface area contributed by atoms with Gasteiger partial charge in [-0.2, -0.15) is 0 Å². The molecule has 0 atom stereocenters. The van der Waals surface area contributed by atoms with E-state index in [2.05, 4.69) is 26.2 Å². The molecule has 0 fully saturated rings. The summed E-state index contributed by atoms with van der Waals surface area (Å²) in [5.74, 6) is 0.840. The highest BCUT2D eigenvalue weighted by Gasteiger charge is 2.03. The molecular weight excluding hydrogens is 297 g/mol. The van der Waals surface area contributed by atoms with Crippen LogP contribution in [-0.4, -0.2) is 16.1 Å². The van der Waals surface area contributed by atoms with Gasteiger partial charge in [-0.25, -0.2) is 9.37 Å². The second-order valence-corrected chi connectivity index (χ2v) is 5.03. The molecule has 2 aromatic rings. The number of nitrogens with one attached hydrogen (secondary N) is 1. The lowest BCUT2D eigenvalue weighted by Crippen LogP contribution is -2.18. The average Bonchev–Trinajstić information content (AvgIpc) is 2.73. The lowest BCUT2D eigenvalue weighted by molar-refractivity contribution is 0.583. The number of rotatable bonds is 5. The molecule has 1 heterocycles. The van der Waals surface area contributed by atoms with E-state index in [1.54, 1.807) is 12.3 Å². The highest BCUT2D eigenvalue weighted by Crippen LogP contribution is 2.14. The topological polar surface area (TPSA) is 29.9 Å². The standard InChI is InChI=1S/C13H15BrFN3/c1-18-7-6-17-13(18)4-5-16-9-10-2-3-11(14)8-12(10)15/h2-3,6-8,16H,4-5,9H2,1H3. The molecule has 0 unspecified atom stereocenters. The fourth-order valence-electron chi connectivity index (χ4n) is 1.73. The van der Waals surface area contributed by atoms with Crippen LogP contribution in [0.4, 0.5) is 4.39 Å². The summed E-state index contributed by atoms with van der Waals surface area (Å²) in [6, 6.07) is 5.11. The Bertz CT molecular complexity index is 525. The summed E-state index contributed by atoms with van der Waals surface area (Å²) in [7, 11) is 1.97. The summed E-state index contributed by atoms with van der Waals surface area (Å²) in [4.78, 5) is 4.23. The molecule has 0 saturated heterocycles. The molecule has 2 rings (SSSR count). The van der Waals surface area contributed by atoms with Crippen LogP contribution < -0.4 is 5.32 Å². The summed E-state index contributed by atoms with van der Waals surface area (Å²) in [5.41, 5.74) is 0.679. The number of nitrogens with zero attached hydrogens (tertiary/aromatic N) is 2. The minimum Gasteiger partial charge on any atom is -0.338 e. The first kappa shape index (κ1) is 13.2. The maximum atomic E-state index is 13.5. The Labute approximate surface area is 114 Å². The van der Waals surface area contributed by atoms with Crippen molar-refractivity contribution >= 4 is 15.9 Å². The number of imidazole rings is 1. The third kappa shape index (κ3) is 3.40. The highest BCUT2D eigenvalue weighted by atomic mass is 79.9. The highest BCUT2D eigenvalue weighted by molar-refractivity contribution is 9.10. The molecular formula is C13H15BrFN3. The van der Waals surface area contributed by atoms with Crippen LogP contribution in [-0.2, 0) is 20.0 Å². The maximum Gasteiger partial charge on any atom is 0.128 e. The smallest absolute Gasteiger partial charge is 0.128 e. The minimum atomic E-state index is -0.186. The van der Waals surface area contributed by atoms with E-state index in [1.807, 2.05) is 23.9 Å². The van der Waals surface area contributed by atoms with Crippen molar-refractivity contribution in [1.29, 1.82) is 0 Å². The van der Waals surface area contributed by atoms with Crippen molar-refractivity contribution < 1.29 is 4.39 Å². The predicted molar refractivity (Wildman–Crippen MR) is 72.7 cm³/mol. The van der Waals surface area contributed by atoms with Crippen molar-refractivity contribution in [3.8, 4) is 0 Å². The predicted octanol–water partition coefficient (Wildman–Crippen LogP) is 2.65. The number of halogens is 2. The molecule has 0 spiro atoms. The monoisotopic (exact) mass is 311 g/mol. The average molecular weight is 312 g/mol. The van der Waals surface area contributed by atoms with E-state index >= 15 is 0 Å². The molecule has 0 aliphatic heterocycles. The van der Waals surface area contributed by atoms with Gasteiger partial charge in [0.25, 0.3) is 0 Å². The molecule has 0 aliphatic carbocycles. The molecule has 5 heteroatoms. The summed E-state index contributed by atoms with van der Waals surface area (Å²) >= 11 is 3.24. The van der Waals surface area contributed by atoms with Crippen LogP contribution in [0.15, 0.2) is 35.1 Å². The summed E-state index contributed by atoms with van der Waals surface area (Å²) in [5, 5.41) is 3.22. The fourth-order valence-corrected chi connectivity index (χ4v) is 2.06. The molecule has 1 aromatic carbocycles. The van der Waals surface area contributed by atoms with Crippen LogP contribution in [0.25, 0.3) is 0 Å². The van der Waals surface area contributed by atoms with Crippen molar-refractivity contribution in [2.45, 2.75) is 13.0 Å². The Morgan fingerprint density at radius 3 is 2.94 bits per heavy atom.